The van der Waals surface area contributed by atoms with E-state index in [1.807, 2.05) is 20.8 Å². The second-order valence-electron chi connectivity index (χ2n) is 5.53. The van der Waals surface area contributed by atoms with Gasteiger partial charge in [0.05, 0.1) is 0 Å². The summed E-state index contributed by atoms with van der Waals surface area (Å²) < 4.78 is 5.30. The molecule has 1 fully saturated rings. The first-order valence-electron chi connectivity index (χ1n) is 6.17. The van der Waals surface area contributed by atoms with Gasteiger partial charge in [-0.2, -0.15) is 0 Å². The molecule has 18 heavy (non-hydrogen) atoms. The number of carbonyl (C=O) groups excluding carboxylic acids is 1. The lowest BCUT2D eigenvalue weighted by Crippen LogP contribution is -2.42. The van der Waals surface area contributed by atoms with Crippen LogP contribution in [0.2, 0.25) is 0 Å². The summed E-state index contributed by atoms with van der Waals surface area (Å²) in [5, 5.41) is 8.58. The summed E-state index contributed by atoms with van der Waals surface area (Å²) in [5.41, 5.74) is -0.499. The van der Waals surface area contributed by atoms with Gasteiger partial charge in [0.25, 0.3) is 0 Å². The van der Waals surface area contributed by atoms with E-state index < -0.39 is 11.6 Å². The summed E-state index contributed by atoms with van der Waals surface area (Å²) in [4.78, 5) is 24.0. The van der Waals surface area contributed by atoms with Crippen LogP contribution in [0.25, 0.3) is 0 Å². The van der Waals surface area contributed by atoms with Gasteiger partial charge >= 0.3 is 12.1 Å². The van der Waals surface area contributed by atoms with Crippen LogP contribution in [0.1, 0.15) is 33.6 Å². The third-order valence-electron chi connectivity index (χ3n) is 2.62. The maximum absolute atomic E-state index is 11.9. The second-order valence-corrected chi connectivity index (χ2v) is 5.53. The molecule has 0 saturated carbocycles. The highest BCUT2D eigenvalue weighted by Crippen LogP contribution is 2.20. The van der Waals surface area contributed by atoms with Gasteiger partial charge in [-0.25, -0.2) is 9.59 Å². The standard InChI is InChI=1S/C13H21NO4/c1-13(2,3)18-12(17)14-8-4-5-10(9-14)6-7-11(15)16/h6-7,10H,4-5,8-9H2,1-3H3,(H,15,16)/b7-6-. The molecule has 1 rings (SSSR count). The molecule has 0 spiro atoms. The van der Waals surface area contributed by atoms with Gasteiger partial charge in [0.15, 0.2) is 0 Å². The molecule has 0 aromatic rings. The van der Waals surface area contributed by atoms with Crippen LogP contribution in [0.3, 0.4) is 0 Å². The highest BCUT2D eigenvalue weighted by molar-refractivity contribution is 5.79. The van der Waals surface area contributed by atoms with Crippen molar-refractivity contribution in [2.24, 2.45) is 5.92 Å². The van der Waals surface area contributed by atoms with E-state index in [9.17, 15) is 9.59 Å². The van der Waals surface area contributed by atoms with Gasteiger partial charge < -0.3 is 14.7 Å². The van der Waals surface area contributed by atoms with E-state index in [1.54, 1.807) is 11.0 Å². The molecule has 0 aromatic heterocycles. The molecule has 0 aromatic carbocycles. The van der Waals surface area contributed by atoms with Gasteiger partial charge in [0, 0.05) is 19.2 Å². The Labute approximate surface area is 107 Å². The van der Waals surface area contributed by atoms with Crippen molar-refractivity contribution in [3.8, 4) is 0 Å². The predicted molar refractivity (Wildman–Crippen MR) is 67.3 cm³/mol. The number of nitrogens with zero attached hydrogens (tertiary/aromatic N) is 1. The van der Waals surface area contributed by atoms with Gasteiger partial charge in [-0.05, 0) is 39.5 Å². The lowest BCUT2D eigenvalue weighted by molar-refractivity contribution is -0.131. The van der Waals surface area contributed by atoms with Crippen molar-refractivity contribution in [2.75, 3.05) is 13.1 Å². The molecule has 1 aliphatic heterocycles. The van der Waals surface area contributed by atoms with E-state index in [2.05, 4.69) is 0 Å². The van der Waals surface area contributed by atoms with Gasteiger partial charge in [-0.3, -0.25) is 0 Å². The first-order chi connectivity index (χ1) is 8.28. The average molecular weight is 255 g/mol. The topological polar surface area (TPSA) is 66.8 Å². The minimum absolute atomic E-state index is 0.0994. The molecule has 1 amide bonds. The molecule has 0 radical (unpaired) electrons. The Kier molecular flexibility index (Phi) is 4.76. The second kappa shape index (κ2) is 5.89. The maximum Gasteiger partial charge on any atom is 0.410 e. The lowest BCUT2D eigenvalue weighted by atomic mass is 9.98. The molecule has 1 N–H and O–H groups in total. The summed E-state index contributed by atoms with van der Waals surface area (Å²) in [5.74, 6) is -0.855. The van der Waals surface area contributed by atoms with E-state index in [4.69, 9.17) is 9.84 Å². The Bertz CT molecular complexity index is 343. The van der Waals surface area contributed by atoms with Crippen LogP contribution in [0.4, 0.5) is 4.79 Å². The Balaban J connectivity index is 2.53. The molecule has 1 saturated heterocycles. The van der Waals surface area contributed by atoms with Crippen molar-refractivity contribution in [1.82, 2.24) is 4.90 Å². The number of amides is 1. The van der Waals surface area contributed by atoms with Crippen LogP contribution in [0, 0.1) is 5.92 Å². The fourth-order valence-electron chi connectivity index (χ4n) is 1.88. The first kappa shape index (κ1) is 14.5. The van der Waals surface area contributed by atoms with Crippen LogP contribution in [0.5, 0.6) is 0 Å². The quantitative estimate of drug-likeness (QED) is 0.769. The van der Waals surface area contributed by atoms with Crippen molar-refractivity contribution in [3.63, 3.8) is 0 Å². The molecule has 102 valence electrons. The third-order valence-corrected chi connectivity index (χ3v) is 2.62. The van der Waals surface area contributed by atoms with Crippen LogP contribution >= 0.6 is 0 Å². The largest absolute Gasteiger partial charge is 0.478 e. The molecular formula is C13H21NO4. The zero-order valence-electron chi connectivity index (χ0n) is 11.2. The molecule has 5 nitrogen and oxygen atoms in total. The molecule has 0 aliphatic carbocycles. The van der Waals surface area contributed by atoms with E-state index >= 15 is 0 Å². The molecule has 0 bridgehead atoms. The number of aliphatic carboxylic acids is 1. The number of hydrogen-bond acceptors (Lipinski definition) is 3. The van der Waals surface area contributed by atoms with Gasteiger partial charge in [0.2, 0.25) is 0 Å². The van der Waals surface area contributed by atoms with Gasteiger partial charge in [0.1, 0.15) is 5.60 Å². The Morgan fingerprint density at radius 3 is 2.61 bits per heavy atom. The summed E-state index contributed by atoms with van der Waals surface area (Å²) in [6.45, 7) is 6.69. The molecule has 1 atom stereocenters. The van der Waals surface area contributed by atoms with Crippen LogP contribution in [-0.4, -0.2) is 40.8 Å². The monoisotopic (exact) mass is 255 g/mol. The minimum Gasteiger partial charge on any atom is -0.478 e. The summed E-state index contributed by atoms with van der Waals surface area (Å²) in [6.07, 6.45) is 4.25. The van der Waals surface area contributed by atoms with Gasteiger partial charge in [-0.15, -0.1) is 0 Å². The number of ether oxygens (including phenoxy) is 1. The highest BCUT2D eigenvalue weighted by atomic mass is 16.6. The van der Waals surface area contributed by atoms with Crippen molar-refractivity contribution in [2.45, 2.75) is 39.2 Å². The molecule has 1 aliphatic rings. The maximum atomic E-state index is 11.9. The number of carboxylic acids is 1. The SMILES string of the molecule is CC(C)(C)OC(=O)N1CCCC(/C=C\C(=O)O)C1. The van der Waals surface area contributed by atoms with Crippen LogP contribution in [0.15, 0.2) is 12.2 Å². The summed E-state index contributed by atoms with van der Waals surface area (Å²) in [7, 11) is 0. The first-order valence-corrected chi connectivity index (χ1v) is 6.17. The molecule has 1 unspecified atom stereocenters. The average Bonchev–Trinajstić information content (AvgIpc) is 2.24. The van der Waals surface area contributed by atoms with Crippen molar-refractivity contribution in [3.05, 3.63) is 12.2 Å². The number of likely N-dealkylation sites (tertiary alicyclic amines) is 1. The number of carbonyl (C=O) groups is 2. The fourth-order valence-corrected chi connectivity index (χ4v) is 1.88. The normalized spacial score (nSPS) is 21.1. The third kappa shape index (κ3) is 5.21. The molecular weight excluding hydrogens is 234 g/mol. The lowest BCUT2D eigenvalue weighted by Gasteiger charge is -2.33. The molecule has 1 heterocycles. The van der Waals surface area contributed by atoms with Crippen LogP contribution < -0.4 is 0 Å². The number of carboxylic acid groups (broad SMARTS) is 1. The van der Waals surface area contributed by atoms with Crippen molar-refractivity contribution in [1.29, 1.82) is 0 Å². The number of piperidine rings is 1. The summed E-state index contributed by atoms with van der Waals surface area (Å²) in [6, 6.07) is 0. The number of hydrogen-bond donors (Lipinski definition) is 1. The zero-order chi connectivity index (χ0) is 13.8. The van der Waals surface area contributed by atoms with E-state index in [0.717, 1.165) is 18.9 Å². The molecule has 5 heteroatoms. The van der Waals surface area contributed by atoms with Crippen molar-refractivity contribution >= 4 is 12.1 Å². The Hall–Kier alpha value is -1.52. The van der Waals surface area contributed by atoms with Crippen LogP contribution in [-0.2, 0) is 9.53 Å². The van der Waals surface area contributed by atoms with E-state index in [0.29, 0.717) is 13.1 Å². The fraction of sp³-hybridized carbons (Fsp3) is 0.692. The van der Waals surface area contributed by atoms with E-state index in [1.165, 1.54) is 0 Å². The summed E-state index contributed by atoms with van der Waals surface area (Å²) >= 11 is 0. The number of rotatable bonds is 2. The predicted octanol–water partition coefficient (Wildman–Crippen LogP) is 2.27. The van der Waals surface area contributed by atoms with Gasteiger partial charge in [-0.1, -0.05) is 6.08 Å². The van der Waals surface area contributed by atoms with Crippen molar-refractivity contribution < 1.29 is 19.4 Å². The zero-order valence-corrected chi connectivity index (χ0v) is 11.2. The van der Waals surface area contributed by atoms with E-state index in [-0.39, 0.29) is 12.0 Å². The Morgan fingerprint density at radius 1 is 1.39 bits per heavy atom. The minimum atomic E-state index is -0.954. The smallest absolute Gasteiger partial charge is 0.410 e. The Morgan fingerprint density at radius 2 is 2.06 bits per heavy atom. The highest BCUT2D eigenvalue weighted by Gasteiger charge is 2.26.